The predicted molar refractivity (Wildman–Crippen MR) is 122 cm³/mol. The molecule has 8 heteroatoms. The molecule has 0 radical (unpaired) electrons. The van der Waals surface area contributed by atoms with Crippen LogP contribution in [0.2, 0.25) is 0 Å². The van der Waals surface area contributed by atoms with Gasteiger partial charge in [0.25, 0.3) is 5.91 Å². The molecule has 2 N–H and O–H groups in total. The van der Waals surface area contributed by atoms with E-state index in [1.54, 1.807) is 35.4 Å². The molecule has 0 saturated heterocycles. The van der Waals surface area contributed by atoms with Crippen LogP contribution in [0.5, 0.6) is 0 Å². The highest BCUT2D eigenvalue weighted by Gasteiger charge is 2.28. The maximum atomic E-state index is 13.8. The summed E-state index contributed by atoms with van der Waals surface area (Å²) >= 11 is 0. The second-order valence-corrected chi connectivity index (χ2v) is 9.09. The Labute approximate surface area is 186 Å². The Morgan fingerprint density at radius 1 is 1.16 bits per heavy atom. The minimum atomic E-state index is -1.17. The third-order valence-electron chi connectivity index (χ3n) is 5.51. The van der Waals surface area contributed by atoms with Gasteiger partial charge in [0.15, 0.2) is 11.6 Å². The van der Waals surface area contributed by atoms with Crippen molar-refractivity contribution in [1.82, 2.24) is 9.97 Å². The van der Waals surface area contributed by atoms with E-state index in [9.17, 15) is 13.4 Å². The second-order valence-electron chi connectivity index (χ2n) is 7.58. The number of amides is 1. The largest absolute Gasteiger partial charge is 0.381 e. The average Bonchev–Trinajstić information content (AvgIpc) is 3.19. The number of halogens is 1. The van der Waals surface area contributed by atoms with Crippen molar-refractivity contribution in [2.24, 2.45) is 0 Å². The molecule has 0 fully saturated rings. The van der Waals surface area contributed by atoms with E-state index in [4.69, 9.17) is 5.73 Å². The zero-order chi connectivity index (χ0) is 22.2. The monoisotopic (exact) mass is 446 g/mol. The molecule has 0 spiro atoms. The summed E-state index contributed by atoms with van der Waals surface area (Å²) in [5.41, 5.74) is 9.01. The van der Waals surface area contributed by atoms with Crippen molar-refractivity contribution < 1.29 is 13.4 Å². The molecule has 0 saturated carbocycles. The van der Waals surface area contributed by atoms with Crippen molar-refractivity contribution in [1.29, 1.82) is 0 Å². The fourth-order valence-corrected chi connectivity index (χ4v) is 5.43. The van der Waals surface area contributed by atoms with Crippen molar-refractivity contribution in [3.8, 4) is 0 Å². The number of anilines is 2. The van der Waals surface area contributed by atoms with E-state index in [0.717, 1.165) is 17.5 Å². The van der Waals surface area contributed by atoms with E-state index < -0.39 is 16.6 Å². The van der Waals surface area contributed by atoms with Crippen LogP contribution in [0.1, 0.15) is 21.5 Å². The van der Waals surface area contributed by atoms with Gasteiger partial charge in [-0.2, -0.15) is 0 Å². The van der Waals surface area contributed by atoms with Gasteiger partial charge in [-0.15, -0.1) is 0 Å². The summed E-state index contributed by atoms with van der Waals surface area (Å²) in [6.45, 7) is 0.219. The third-order valence-corrected chi connectivity index (χ3v) is 7.01. The Hall–Kier alpha value is -3.65. The fraction of sp³-hybridized carbons (Fsp3) is 0.125. The maximum Gasteiger partial charge on any atom is 0.260 e. The summed E-state index contributed by atoms with van der Waals surface area (Å²) in [4.78, 5) is 24.0. The van der Waals surface area contributed by atoms with Gasteiger partial charge in [-0.1, -0.05) is 24.3 Å². The molecular weight excluding hydrogens is 427 g/mol. The summed E-state index contributed by atoms with van der Waals surface area (Å²) in [5.74, 6) is -0.441. The van der Waals surface area contributed by atoms with Gasteiger partial charge >= 0.3 is 0 Å². The van der Waals surface area contributed by atoms with E-state index in [0.29, 0.717) is 32.8 Å². The average molecular weight is 447 g/mol. The Morgan fingerprint density at radius 3 is 2.84 bits per heavy atom. The predicted octanol–water partition coefficient (Wildman–Crippen LogP) is 3.86. The normalized spacial score (nSPS) is 15.0. The number of aromatic nitrogens is 2. The highest BCUT2D eigenvalue weighted by Crippen LogP contribution is 2.34. The summed E-state index contributed by atoms with van der Waals surface area (Å²) in [7, 11) is -1.17. The molecule has 160 valence electrons. The molecule has 3 heterocycles. The summed E-state index contributed by atoms with van der Waals surface area (Å²) in [6, 6.07) is 15.8. The molecule has 0 aliphatic carbocycles. The van der Waals surface area contributed by atoms with Crippen LogP contribution in [0, 0.1) is 5.82 Å². The molecule has 1 atom stereocenters. The lowest BCUT2D eigenvalue weighted by Crippen LogP contribution is -2.31. The molecule has 4 aromatic rings. The molecule has 2 aromatic carbocycles. The number of nitrogens with zero attached hydrogens (tertiary/aromatic N) is 3. The Bertz CT molecular complexity index is 1380. The number of hydrogen-bond acceptors (Lipinski definition) is 5. The Balaban J connectivity index is 1.61. The lowest BCUT2D eigenvalue weighted by molar-refractivity contribution is 0.0984. The van der Waals surface area contributed by atoms with Crippen LogP contribution in [-0.2, 0) is 23.8 Å². The van der Waals surface area contributed by atoms with E-state index >= 15 is 0 Å². The Kier molecular flexibility index (Phi) is 5.14. The molecule has 1 aliphatic rings. The number of carbonyl (C=O) groups excluding carboxylic acids is 1. The summed E-state index contributed by atoms with van der Waals surface area (Å²) < 4.78 is 26.5. The van der Waals surface area contributed by atoms with Crippen LogP contribution in [0.25, 0.3) is 10.9 Å². The first-order chi connectivity index (χ1) is 15.5. The number of benzene rings is 2. The lowest BCUT2D eigenvalue weighted by Gasteiger charge is -2.25. The van der Waals surface area contributed by atoms with Crippen molar-refractivity contribution in [3.05, 3.63) is 89.5 Å². The zero-order valence-electron chi connectivity index (χ0n) is 17.0. The first-order valence-electron chi connectivity index (χ1n) is 10.1. The zero-order valence-corrected chi connectivity index (χ0v) is 17.8. The minimum Gasteiger partial charge on any atom is -0.381 e. The van der Waals surface area contributed by atoms with Crippen molar-refractivity contribution in [2.45, 2.75) is 17.9 Å². The summed E-state index contributed by atoms with van der Waals surface area (Å²) in [6.07, 6.45) is 3.84. The molecule has 32 heavy (non-hydrogen) atoms. The quantitative estimate of drug-likeness (QED) is 0.514. The number of rotatable bonds is 4. The van der Waals surface area contributed by atoms with E-state index in [1.165, 1.54) is 12.3 Å². The highest BCUT2D eigenvalue weighted by molar-refractivity contribution is 7.85. The third kappa shape index (κ3) is 3.62. The molecule has 6 nitrogen and oxygen atoms in total. The highest BCUT2D eigenvalue weighted by atomic mass is 32.2. The van der Waals surface area contributed by atoms with E-state index in [2.05, 4.69) is 9.97 Å². The number of pyridine rings is 2. The van der Waals surface area contributed by atoms with Crippen LogP contribution in [0.4, 0.5) is 15.9 Å². The molecular formula is C24H19FN4O2S. The second kappa shape index (κ2) is 8.12. The van der Waals surface area contributed by atoms with Crippen LogP contribution in [-0.4, -0.2) is 25.8 Å². The molecule has 1 amide bonds. The number of hydrogen-bond donors (Lipinski definition) is 1. The van der Waals surface area contributed by atoms with Gasteiger partial charge < -0.3 is 10.6 Å². The van der Waals surface area contributed by atoms with Gasteiger partial charge in [0.05, 0.1) is 39.0 Å². The minimum absolute atomic E-state index is 0.172. The van der Waals surface area contributed by atoms with Gasteiger partial charge in [0.2, 0.25) is 0 Å². The van der Waals surface area contributed by atoms with Crippen LogP contribution in [0.15, 0.2) is 71.9 Å². The topological polar surface area (TPSA) is 89.2 Å². The fourth-order valence-electron chi connectivity index (χ4n) is 3.94. The molecule has 5 rings (SSSR count). The van der Waals surface area contributed by atoms with Crippen LogP contribution < -0.4 is 10.6 Å². The van der Waals surface area contributed by atoms with Gasteiger partial charge in [-0.25, -0.2) is 9.37 Å². The van der Waals surface area contributed by atoms with Crippen molar-refractivity contribution in [3.63, 3.8) is 0 Å². The van der Waals surface area contributed by atoms with Gasteiger partial charge in [0, 0.05) is 23.5 Å². The maximum absolute atomic E-state index is 13.8. The Morgan fingerprint density at radius 2 is 2.03 bits per heavy atom. The first kappa shape index (κ1) is 20.3. The molecule has 0 bridgehead atoms. The van der Waals surface area contributed by atoms with E-state index in [1.807, 2.05) is 24.3 Å². The standard InChI is InChI=1S/C24H19FN4O2S/c25-19-12-17-7-6-15(11-20(17)28-23(19)26)14-29(24(30)18-4-2-9-27-13-18)21-5-1-3-16-8-10-32(31)22(16)21/h1-7,9,11-13H,8,10,14H2,(H2,26,28). The number of carbonyl (C=O) groups is 1. The van der Waals surface area contributed by atoms with Crippen molar-refractivity contribution >= 4 is 39.1 Å². The smallest absolute Gasteiger partial charge is 0.260 e. The molecule has 1 aliphatic heterocycles. The first-order valence-corrected chi connectivity index (χ1v) is 11.4. The number of nitrogen functional groups attached to an aromatic ring is 1. The van der Waals surface area contributed by atoms with E-state index in [-0.39, 0.29) is 18.3 Å². The lowest BCUT2D eigenvalue weighted by atomic mass is 10.1. The number of nitrogens with two attached hydrogens (primary N) is 1. The summed E-state index contributed by atoms with van der Waals surface area (Å²) in [5, 5.41) is 0.618. The molecule has 1 unspecified atom stereocenters. The van der Waals surface area contributed by atoms with Crippen molar-refractivity contribution in [2.75, 3.05) is 16.4 Å². The molecule has 2 aromatic heterocycles. The van der Waals surface area contributed by atoms with Gasteiger partial charge in [0.1, 0.15) is 0 Å². The van der Waals surface area contributed by atoms with Crippen LogP contribution in [0.3, 0.4) is 0 Å². The van der Waals surface area contributed by atoms with Gasteiger partial charge in [-0.05, 0) is 47.9 Å². The number of fused-ring (bicyclic) bond motifs is 2. The SMILES string of the molecule is Nc1nc2cc(CN(C(=O)c3cccnc3)c3cccc4c3S(=O)CC4)ccc2cc1F. The van der Waals surface area contributed by atoms with Crippen LogP contribution >= 0.6 is 0 Å². The number of aryl methyl sites for hydroxylation is 1. The van der Waals surface area contributed by atoms with Gasteiger partial charge in [-0.3, -0.25) is 14.0 Å².